The van der Waals surface area contributed by atoms with Crippen molar-refractivity contribution in [3.8, 4) is 0 Å². The lowest BCUT2D eigenvalue weighted by molar-refractivity contribution is -0.123. The van der Waals surface area contributed by atoms with Crippen molar-refractivity contribution in [2.75, 3.05) is 0 Å². The Morgan fingerprint density at radius 3 is 2.08 bits per heavy atom. The molecule has 0 aromatic heterocycles. The predicted octanol–water partition coefficient (Wildman–Crippen LogP) is 1.89. The quantitative estimate of drug-likeness (QED) is 0.514. The number of carbonyl (C=O) groups is 2. The molecule has 0 aromatic rings. The summed E-state index contributed by atoms with van der Waals surface area (Å²) in [6, 6.07) is 0. The third kappa shape index (κ3) is 6.73. The van der Waals surface area contributed by atoms with Gasteiger partial charge in [0.2, 0.25) is 0 Å². The Bertz CT molecular complexity index is 166. The molecule has 0 saturated carbocycles. The van der Waals surface area contributed by atoms with Crippen molar-refractivity contribution in [3.63, 3.8) is 0 Å². The summed E-state index contributed by atoms with van der Waals surface area (Å²) in [6.07, 6.45) is 1.55. The van der Waals surface area contributed by atoms with E-state index >= 15 is 0 Å². The van der Waals surface area contributed by atoms with Crippen LogP contribution in [0.2, 0.25) is 0 Å². The van der Waals surface area contributed by atoms with Gasteiger partial charge in [-0.3, -0.25) is 9.59 Å². The summed E-state index contributed by atoms with van der Waals surface area (Å²) in [5.74, 6) is 0.199. The molecule has 0 amide bonds. The van der Waals surface area contributed by atoms with Gasteiger partial charge < -0.3 is 0 Å². The van der Waals surface area contributed by atoms with Crippen LogP contribution in [0.1, 0.15) is 32.6 Å². The normalized spacial score (nSPS) is 10.3. The summed E-state index contributed by atoms with van der Waals surface area (Å²) < 4.78 is -0.200. The Morgan fingerprint density at radius 2 is 1.67 bits per heavy atom. The minimum absolute atomic E-state index is 0.0619. The molecule has 0 aliphatic carbocycles. The highest BCUT2D eigenvalue weighted by Crippen LogP contribution is 2.08. The third-order valence-corrected chi connectivity index (χ3v) is 1.85. The van der Waals surface area contributed by atoms with E-state index in [-0.39, 0.29) is 16.1 Å². The lowest BCUT2D eigenvalue weighted by atomic mass is 10.1. The van der Waals surface area contributed by atoms with Crippen molar-refractivity contribution in [2.45, 2.75) is 37.2 Å². The lowest BCUT2D eigenvalue weighted by Gasteiger charge is -2.01. The zero-order chi connectivity index (χ0) is 9.56. The first-order chi connectivity index (χ1) is 5.56. The zero-order valence-corrected chi connectivity index (χ0v) is 8.91. The van der Waals surface area contributed by atoms with E-state index in [2.05, 4.69) is 25.3 Å². The van der Waals surface area contributed by atoms with Gasteiger partial charge in [0, 0.05) is 25.7 Å². The highest BCUT2D eigenvalue weighted by atomic mass is 32.2. The monoisotopic (exact) mass is 206 g/mol. The second-order valence-electron chi connectivity index (χ2n) is 2.62. The van der Waals surface area contributed by atoms with E-state index in [0.717, 1.165) is 0 Å². The van der Waals surface area contributed by atoms with Crippen LogP contribution in [0, 0.1) is 0 Å². The van der Waals surface area contributed by atoms with E-state index in [1.165, 1.54) is 0 Å². The summed E-state index contributed by atoms with van der Waals surface area (Å²) in [7, 11) is 0. The molecule has 0 aromatic carbocycles. The molecule has 0 rings (SSSR count). The van der Waals surface area contributed by atoms with Crippen LogP contribution < -0.4 is 0 Å². The van der Waals surface area contributed by atoms with E-state index in [4.69, 9.17) is 0 Å². The first kappa shape index (κ1) is 12.0. The molecular weight excluding hydrogens is 192 g/mol. The van der Waals surface area contributed by atoms with Gasteiger partial charge in [-0.15, -0.1) is 0 Å². The van der Waals surface area contributed by atoms with Gasteiger partial charge in [0.1, 0.15) is 11.6 Å². The SMILES string of the molecule is CCC(=O)CCC(=O)CC(S)S. The number of carbonyl (C=O) groups excluding carboxylic acids is 2. The van der Waals surface area contributed by atoms with Crippen LogP contribution in [0.4, 0.5) is 0 Å². The molecule has 0 aliphatic rings. The Balaban J connectivity index is 3.51. The topological polar surface area (TPSA) is 34.1 Å². The van der Waals surface area contributed by atoms with Gasteiger partial charge in [-0.05, 0) is 0 Å². The van der Waals surface area contributed by atoms with Crippen molar-refractivity contribution >= 4 is 36.8 Å². The van der Waals surface area contributed by atoms with Crippen molar-refractivity contribution in [1.82, 2.24) is 0 Å². The molecule has 70 valence electrons. The fourth-order valence-corrected chi connectivity index (χ4v) is 1.17. The number of hydrogen-bond donors (Lipinski definition) is 2. The van der Waals surface area contributed by atoms with Gasteiger partial charge in [-0.25, -0.2) is 0 Å². The minimum atomic E-state index is -0.200. The molecule has 12 heavy (non-hydrogen) atoms. The predicted molar refractivity (Wildman–Crippen MR) is 55.9 cm³/mol. The van der Waals surface area contributed by atoms with Crippen molar-refractivity contribution < 1.29 is 9.59 Å². The first-order valence-corrected chi connectivity index (χ1v) is 4.99. The largest absolute Gasteiger partial charge is 0.300 e. The van der Waals surface area contributed by atoms with Crippen LogP contribution >= 0.6 is 25.3 Å². The fourth-order valence-electron chi connectivity index (χ4n) is 0.761. The summed E-state index contributed by atoms with van der Waals surface area (Å²) >= 11 is 7.93. The van der Waals surface area contributed by atoms with Gasteiger partial charge in [0.25, 0.3) is 0 Å². The average Bonchev–Trinajstić information content (AvgIpc) is 1.99. The molecule has 2 nitrogen and oxygen atoms in total. The third-order valence-electron chi connectivity index (χ3n) is 1.49. The molecule has 0 fully saturated rings. The maximum absolute atomic E-state index is 11.0. The van der Waals surface area contributed by atoms with Crippen molar-refractivity contribution in [3.05, 3.63) is 0 Å². The Morgan fingerprint density at radius 1 is 1.17 bits per heavy atom. The molecule has 0 bridgehead atoms. The maximum atomic E-state index is 11.0. The number of thiol groups is 2. The van der Waals surface area contributed by atoms with E-state index in [9.17, 15) is 9.59 Å². The van der Waals surface area contributed by atoms with Crippen LogP contribution in [-0.4, -0.2) is 16.1 Å². The zero-order valence-electron chi connectivity index (χ0n) is 7.12. The highest BCUT2D eigenvalue weighted by Gasteiger charge is 2.07. The van der Waals surface area contributed by atoms with Gasteiger partial charge >= 0.3 is 0 Å². The molecule has 0 saturated heterocycles. The van der Waals surface area contributed by atoms with E-state index < -0.39 is 0 Å². The van der Waals surface area contributed by atoms with Crippen LogP contribution in [0.5, 0.6) is 0 Å². The van der Waals surface area contributed by atoms with Gasteiger partial charge in [0.15, 0.2) is 0 Å². The molecule has 0 N–H and O–H groups in total. The highest BCUT2D eigenvalue weighted by molar-refractivity contribution is 7.99. The van der Waals surface area contributed by atoms with Gasteiger partial charge in [0.05, 0.1) is 4.58 Å². The second-order valence-corrected chi connectivity index (χ2v) is 4.27. The van der Waals surface area contributed by atoms with Crippen LogP contribution in [-0.2, 0) is 9.59 Å². The van der Waals surface area contributed by atoms with E-state index in [1.807, 2.05) is 0 Å². The Kier molecular flexibility index (Phi) is 6.57. The summed E-state index contributed by atoms with van der Waals surface area (Å²) in [5, 5.41) is 0. The second kappa shape index (κ2) is 6.54. The minimum Gasteiger partial charge on any atom is -0.300 e. The summed E-state index contributed by atoms with van der Waals surface area (Å²) in [6.45, 7) is 1.80. The fraction of sp³-hybridized carbons (Fsp3) is 0.750. The van der Waals surface area contributed by atoms with Gasteiger partial charge in [-0.1, -0.05) is 6.92 Å². The van der Waals surface area contributed by atoms with Crippen molar-refractivity contribution in [1.29, 1.82) is 0 Å². The van der Waals surface area contributed by atoms with Crippen LogP contribution in [0.15, 0.2) is 0 Å². The Labute approximate surface area is 83.9 Å². The number of ketones is 2. The molecule has 0 unspecified atom stereocenters. The standard InChI is InChI=1S/C8H14O2S2/c1-2-6(9)3-4-7(10)5-8(11)12/h8,11-12H,2-5H2,1H3. The molecule has 0 aliphatic heterocycles. The first-order valence-electron chi connectivity index (χ1n) is 3.95. The molecule has 0 atom stereocenters. The molecular formula is C8H14O2S2. The summed E-state index contributed by atoms with van der Waals surface area (Å²) in [4.78, 5) is 21.8. The number of hydrogen-bond acceptors (Lipinski definition) is 4. The molecule has 0 radical (unpaired) electrons. The summed E-state index contributed by atoms with van der Waals surface area (Å²) in [5.41, 5.74) is 0. The van der Waals surface area contributed by atoms with Gasteiger partial charge in [-0.2, -0.15) is 25.3 Å². The lowest BCUT2D eigenvalue weighted by Crippen LogP contribution is -2.06. The molecule has 0 heterocycles. The molecule has 0 spiro atoms. The molecule has 4 heteroatoms. The van der Waals surface area contributed by atoms with E-state index in [0.29, 0.717) is 25.7 Å². The van der Waals surface area contributed by atoms with Crippen molar-refractivity contribution in [2.24, 2.45) is 0 Å². The smallest absolute Gasteiger partial charge is 0.135 e. The average molecular weight is 206 g/mol. The number of Topliss-reactive ketones (excluding diaryl/α,β-unsaturated/α-hetero) is 2. The van der Waals surface area contributed by atoms with E-state index in [1.54, 1.807) is 6.92 Å². The Hall–Kier alpha value is 0.0400. The number of rotatable bonds is 6. The van der Waals surface area contributed by atoms with Crippen LogP contribution in [0.3, 0.4) is 0 Å². The maximum Gasteiger partial charge on any atom is 0.135 e. The van der Waals surface area contributed by atoms with Crippen LogP contribution in [0.25, 0.3) is 0 Å².